The van der Waals surface area contributed by atoms with Gasteiger partial charge in [0, 0.05) is 37.2 Å². The number of carboxylic acid groups (broad SMARTS) is 1. The lowest BCUT2D eigenvalue weighted by Crippen LogP contribution is -2.50. The Balaban J connectivity index is 2.00. The molecule has 0 aromatic carbocycles. The molecular weight excluding hydrogens is 252 g/mol. The van der Waals surface area contributed by atoms with Crippen LogP contribution in [0.5, 0.6) is 0 Å². The number of amides is 2. The molecular formula is C12H20N2O3S. The van der Waals surface area contributed by atoms with Crippen molar-refractivity contribution < 1.29 is 14.7 Å². The van der Waals surface area contributed by atoms with Crippen LogP contribution in [0.4, 0.5) is 4.79 Å². The number of hydrogen-bond donors (Lipinski definition) is 1. The number of likely N-dealkylation sites (tertiary alicyclic amines) is 1. The minimum atomic E-state index is -0.792. The van der Waals surface area contributed by atoms with Crippen molar-refractivity contribution >= 4 is 23.8 Å². The lowest BCUT2D eigenvalue weighted by atomic mass is 9.99. The van der Waals surface area contributed by atoms with E-state index >= 15 is 0 Å². The maximum atomic E-state index is 12.4. The van der Waals surface area contributed by atoms with E-state index in [0.29, 0.717) is 13.1 Å². The Labute approximate surface area is 112 Å². The van der Waals surface area contributed by atoms with Crippen LogP contribution in [-0.2, 0) is 4.79 Å². The van der Waals surface area contributed by atoms with Crippen molar-refractivity contribution in [2.75, 3.05) is 31.1 Å². The van der Waals surface area contributed by atoms with Gasteiger partial charge in [0.25, 0.3) is 0 Å². The lowest BCUT2D eigenvalue weighted by molar-refractivity contribution is -0.142. The third-order valence-corrected chi connectivity index (χ3v) is 5.00. The van der Waals surface area contributed by atoms with E-state index < -0.39 is 11.9 Å². The van der Waals surface area contributed by atoms with Crippen molar-refractivity contribution in [1.29, 1.82) is 0 Å². The lowest BCUT2D eigenvalue weighted by Gasteiger charge is -2.36. The maximum Gasteiger partial charge on any atom is 0.320 e. The molecule has 3 atom stereocenters. The average Bonchev–Trinajstić information content (AvgIpc) is 2.71. The molecule has 0 spiro atoms. The zero-order chi connectivity index (χ0) is 13.3. The van der Waals surface area contributed by atoms with E-state index in [9.17, 15) is 9.59 Å². The molecule has 2 fully saturated rings. The first-order valence-corrected chi connectivity index (χ1v) is 7.52. The second kappa shape index (κ2) is 5.38. The van der Waals surface area contributed by atoms with E-state index in [1.54, 1.807) is 4.90 Å². The molecule has 0 radical (unpaired) electrons. The maximum absolute atomic E-state index is 12.4. The van der Waals surface area contributed by atoms with E-state index in [-0.39, 0.29) is 18.0 Å². The van der Waals surface area contributed by atoms with Gasteiger partial charge in [-0.25, -0.2) is 4.79 Å². The quantitative estimate of drug-likeness (QED) is 0.779. The topological polar surface area (TPSA) is 60.9 Å². The van der Waals surface area contributed by atoms with Crippen LogP contribution < -0.4 is 0 Å². The molecule has 5 nitrogen and oxygen atoms in total. The summed E-state index contributed by atoms with van der Waals surface area (Å²) in [5.74, 6) is 0.781. The number of carbonyl (C=O) groups excluding carboxylic acids is 1. The molecule has 2 aliphatic heterocycles. The molecule has 2 saturated heterocycles. The average molecular weight is 272 g/mol. The van der Waals surface area contributed by atoms with Crippen molar-refractivity contribution in [3.8, 4) is 0 Å². The highest BCUT2D eigenvalue weighted by atomic mass is 32.2. The molecule has 2 amide bonds. The zero-order valence-corrected chi connectivity index (χ0v) is 11.7. The number of urea groups is 1. The number of carboxylic acids is 1. The minimum absolute atomic E-state index is 0.0124. The summed E-state index contributed by atoms with van der Waals surface area (Å²) in [5, 5.41) is 9.09. The van der Waals surface area contributed by atoms with Gasteiger partial charge in [0.05, 0.1) is 5.92 Å². The van der Waals surface area contributed by atoms with E-state index in [1.807, 2.05) is 23.6 Å². The molecule has 1 unspecified atom stereocenters. The number of thioether (sulfide) groups is 1. The van der Waals surface area contributed by atoms with Crippen molar-refractivity contribution in [3.63, 3.8) is 0 Å². The van der Waals surface area contributed by atoms with Crippen molar-refractivity contribution in [2.24, 2.45) is 11.8 Å². The number of carbonyl (C=O) groups is 2. The number of nitrogens with zero attached hydrogens (tertiary/aromatic N) is 2. The van der Waals surface area contributed by atoms with E-state index in [2.05, 4.69) is 6.92 Å². The highest BCUT2D eigenvalue weighted by Gasteiger charge is 2.39. The van der Waals surface area contributed by atoms with Crippen LogP contribution in [0.15, 0.2) is 0 Å². The molecule has 0 aromatic heterocycles. The smallest absolute Gasteiger partial charge is 0.320 e. The molecule has 0 bridgehead atoms. The van der Waals surface area contributed by atoms with Crippen LogP contribution in [0.3, 0.4) is 0 Å². The van der Waals surface area contributed by atoms with Crippen molar-refractivity contribution in [3.05, 3.63) is 0 Å². The molecule has 6 heteroatoms. The Kier molecular flexibility index (Phi) is 4.04. The van der Waals surface area contributed by atoms with Gasteiger partial charge in [-0.2, -0.15) is 11.8 Å². The van der Waals surface area contributed by atoms with Gasteiger partial charge in [0.1, 0.15) is 0 Å². The van der Waals surface area contributed by atoms with Gasteiger partial charge in [-0.15, -0.1) is 0 Å². The van der Waals surface area contributed by atoms with E-state index in [4.69, 9.17) is 5.11 Å². The highest BCUT2D eigenvalue weighted by molar-refractivity contribution is 7.99. The molecule has 1 N–H and O–H groups in total. The first kappa shape index (κ1) is 13.5. The predicted molar refractivity (Wildman–Crippen MR) is 70.8 cm³/mol. The Hall–Kier alpha value is -0.910. The number of hydrogen-bond acceptors (Lipinski definition) is 3. The summed E-state index contributed by atoms with van der Waals surface area (Å²) >= 11 is 1.87. The summed E-state index contributed by atoms with van der Waals surface area (Å²) in [6.07, 6.45) is 0. The Morgan fingerprint density at radius 1 is 1.28 bits per heavy atom. The third-order valence-electron chi connectivity index (χ3n) is 3.81. The summed E-state index contributed by atoms with van der Waals surface area (Å²) in [4.78, 5) is 27.0. The molecule has 2 heterocycles. The third kappa shape index (κ3) is 2.58. The Bertz CT molecular complexity index is 350. The van der Waals surface area contributed by atoms with E-state index in [0.717, 1.165) is 18.1 Å². The van der Waals surface area contributed by atoms with Crippen LogP contribution >= 0.6 is 11.8 Å². The van der Waals surface area contributed by atoms with Gasteiger partial charge >= 0.3 is 12.0 Å². The molecule has 0 aliphatic carbocycles. The first-order chi connectivity index (χ1) is 8.50. The summed E-state index contributed by atoms with van der Waals surface area (Å²) in [6.45, 7) is 5.64. The summed E-state index contributed by atoms with van der Waals surface area (Å²) in [5.41, 5.74) is 0. The molecule has 0 aromatic rings. The van der Waals surface area contributed by atoms with Crippen LogP contribution in [-0.4, -0.2) is 64.1 Å². The summed E-state index contributed by atoms with van der Waals surface area (Å²) < 4.78 is 0. The van der Waals surface area contributed by atoms with Crippen molar-refractivity contribution in [1.82, 2.24) is 9.80 Å². The Morgan fingerprint density at radius 3 is 2.56 bits per heavy atom. The fourth-order valence-electron chi connectivity index (χ4n) is 2.64. The van der Waals surface area contributed by atoms with E-state index in [1.165, 1.54) is 0 Å². The zero-order valence-electron chi connectivity index (χ0n) is 10.8. The van der Waals surface area contributed by atoms with Crippen LogP contribution in [0.2, 0.25) is 0 Å². The fraction of sp³-hybridized carbons (Fsp3) is 0.833. The summed E-state index contributed by atoms with van der Waals surface area (Å²) in [7, 11) is 0. The normalized spacial score (nSPS) is 32.7. The molecule has 102 valence electrons. The molecule has 18 heavy (non-hydrogen) atoms. The first-order valence-electron chi connectivity index (χ1n) is 6.36. The van der Waals surface area contributed by atoms with Crippen LogP contribution in [0, 0.1) is 11.8 Å². The monoisotopic (exact) mass is 272 g/mol. The summed E-state index contributed by atoms with van der Waals surface area (Å²) in [6, 6.07) is 0.258. The van der Waals surface area contributed by atoms with Crippen LogP contribution in [0.1, 0.15) is 13.8 Å². The fourth-order valence-corrected chi connectivity index (χ4v) is 3.65. The number of aliphatic carboxylic acids is 1. The standard InChI is InChI=1S/C12H20N2O3S/c1-8-5-13(6-10(8)11(15)16)12(17)14-3-4-18-7-9(14)2/h8-10H,3-7H2,1-2H3,(H,15,16)/t8-,9?,10-/m1/s1. The largest absolute Gasteiger partial charge is 0.481 e. The minimum Gasteiger partial charge on any atom is -0.481 e. The van der Waals surface area contributed by atoms with Gasteiger partial charge in [-0.05, 0) is 12.8 Å². The van der Waals surface area contributed by atoms with Gasteiger partial charge in [-0.3, -0.25) is 4.79 Å². The Morgan fingerprint density at radius 2 is 2.00 bits per heavy atom. The molecule has 2 rings (SSSR count). The second-order valence-electron chi connectivity index (χ2n) is 5.23. The second-order valence-corrected chi connectivity index (χ2v) is 6.38. The van der Waals surface area contributed by atoms with Crippen molar-refractivity contribution in [2.45, 2.75) is 19.9 Å². The van der Waals surface area contributed by atoms with Gasteiger partial charge < -0.3 is 14.9 Å². The number of rotatable bonds is 1. The van der Waals surface area contributed by atoms with Gasteiger partial charge in [0.15, 0.2) is 0 Å². The van der Waals surface area contributed by atoms with Gasteiger partial charge in [-0.1, -0.05) is 6.92 Å². The predicted octanol–water partition coefficient (Wildman–Crippen LogP) is 1.20. The SMILES string of the molecule is CC1CSCCN1C(=O)N1C[C@@H](C)[C@H](C(=O)O)C1. The highest BCUT2D eigenvalue weighted by Crippen LogP contribution is 2.26. The van der Waals surface area contributed by atoms with Crippen LogP contribution in [0.25, 0.3) is 0 Å². The molecule has 0 saturated carbocycles. The molecule has 2 aliphatic rings. The van der Waals surface area contributed by atoms with Gasteiger partial charge in [0.2, 0.25) is 0 Å².